The van der Waals surface area contributed by atoms with E-state index >= 15 is 0 Å². The van der Waals surface area contributed by atoms with Gasteiger partial charge < -0.3 is 9.47 Å². The molecule has 4 nitrogen and oxygen atoms in total. The van der Waals surface area contributed by atoms with Crippen molar-refractivity contribution in [2.75, 3.05) is 13.9 Å². The van der Waals surface area contributed by atoms with Gasteiger partial charge in [0.05, 0.1) is 0 Å². The van der Waals surface area contributed by atoms with Gasteiger partial charge in [-0.2, -0.15) is 0 Å². The molecule has 0 aliphatic carbocycles. The fraction of sp³-hybridized carbons (Fsp3) is 0.250. The first-order valence-electron chi connectivity index (χ1n) is 3.51. The summed E-state index contributed by atoms with van der Waals surface area (Å²) in [6.07, 6.45) is 1.53. The van der Waals surface area contributed by atoms with Crippen molar-refractivity contribution in [3.8, 4) is 0 Å². The first-order chi connectivity index (χ1) is 6.24. The maximum Gasteiger partial charge on any atom is 0.359 e. The van der Waals surface area contributed by atoms with Crippen LogP contribution >= 0.6 is 15.9 Å². The topological polar surface area (TPSA) is 48.4 Å². The lowest BCUT2D eigenvalue weighted by Crippen LogP contribution is -2.08. The van der Waals surface area contributed by atoms with Gasteiger partial charge in [-0.1, -0.05) is 0 Å². The van der Waals surface area contributed by atoms with Crippen LogP contribution in [0.5, 0.6) is 0 Å². The fourth-order valence-corrected chi connectivity index (χ4v) is 0.917. The monoisotopic (exact) mass is 245 g/mol. The maximum absolute atomic E-state index is 11.1. The summed E-state index contributed by atoms with van der Waals surface area (Å²) in [5.74, 6) is -0.491. The Morgan fingerprint density at radius 2 is 2.38 bits per heavy atom. The van der Waals surface area contributed by atoms with Gasteiger partial charge >= 0.3 is 5.97 Å². The van der Waals surface area contributed by atoms with Gasteiger partial charge in [-0.05, 0) is 28.1 Å². The van der Waals surface area contributed by atoms with Gasteiger partial charge in [-0.3, -0.25) is 0 Å². The van der Waals surface area contributed by atoms with E-state index in [1.165, 1.54) is 13.3 Å². The SMILES string of the molecule is COCOC(=O)c1ccc(Br)cn1. The van der Waals surface area contributed by atoms with E-state index in [1.807, 2.05) is 0 Å². The Bertz CT molecular complexity index is 286. The predicted octanol–water partition coefficient (Wildman–Crippen LogP) is 1.60. The first kappa shape index (κ1) is 10.1. The third kappa shape index (κ3) is 3.12. The van der Waals surface area contributed by atoms with Crippen LogP contribution in [-0.2, 0) is 9.47 Å². The van der Waals surface area contributed by atoms with E-state index in [0.717, 1.165) is 4.47 Å². The van der Waals surface area contributed by atoms with E-state index in [9.17, 15) is 4.79 Å². The number of ether oxygens (including phenoxy) is 2. The number of nitrogens with zero attached hydrogens (tertiary/aromatic N) is 1. The Morgan fingerprint density at radius 1 is 1.62 bits per heavy atom. The van der Waals surface area contributed by atoms with Crippen LogP contribution in [0, 0.1) is 0 Å². The van der Waals surface area contributed by atoms with Crippen LogP contribution < -0.4 is 0 Å². The molecular formula is C8H8BrNO3. The lowest BCUT2D eigenvalue weighted by Gasteiger charge is -2.01. The van der Waals surface area contributed by atoms with Crippen molar-refractivity contribution in [2.45, 2.75) is 0 Å². The quantitative estimate of drug-likeness (QED) is 0.600. The summed E-state index contributed by atoms with van der Waals surface area (Å²) < 4.78 is 10.1. The zero-order valence-electron chi connectivity index (χ0n) is 6.99. The van der Waals surface area contributed by atoms with E-state index in [1.54, 1.807) is 12.1 Å². The number of hydrogen-bond donors (Lipinski definition) is 0. The second-order valence-electron chi connectivity index (χ2n) is 2.20. The number of hydrogen-bond acceptors (Lipinski definition) is 4. The highest BCUT2D eigenvalue weighted by Gasteiger charge is 2.07. The first-order valence-corrected chi connectivity index (χ1v) is 4.31. The zero-order chi connectivity index (χ0) is 9.68. The van der Waals surface area contributed by atoms with Crippen molar-refractivity contribution in [1.29, 1.82) is 0 Å². The predicted molar refractivity (Wildman–Crippen MR) is 49.2 cm³/mol. The third-order valence-corrected chi connectivity index (χ3v) is 1.71. The van der Waals surface area contributed by atoms with Crippen molar-refractivity contribution in [3.63, 3.8) is 0 Å². The Kier molecular flexibility index (Phi) is 3.85. The van der Waals surface area contributed by atoms with Crippen molar-refractivity contribution in [2.24, 2.45) is 0 Å². The molecule has 1 aromatic rings. The van der Waals surface area contributed by atoms with Crippen molar-refractivity contribution < 1.29 is 14.3 Å². The number of rotatable bonds is 3. The molecule has 0 radical (unpaired) electrons. The molecular weight excluding hydrogens is 238 g/mol. The van der Waals surface area contributed by atoms with Crippen LogP contribution in [0.15, 0.2) is 22.8 Å². The molecule has 0 saturated carbocycles. The summed E-state index contributed by atoms with van der Waals surface area (Å²) in [4.78, 5) is 15.0. The third-order valence-electron chi connectivity index (χ3n) is 1.24. The van der Waals surface area contributed by atoms with Gasteiger partial charge in [-0.15, -0.1) is 0 Å². The Balaban J connectivity index is 2.61. The van der Waals surface area contributed by atoms with Gasteiger partial charge in [0, 0.05) is 17.8 Å². The molecule has 0 amide bonds. The largest absolute Gasteiger partial charge is 0.434 e. The normalized spacial score (nSPS) is 9.69. The summed E-state index contributed by atoms with van der Waals surface area (Å²) in [6.45, 7) is -0.0590. The average molecular weight is 246 g/mol. The maximum atomic E-state index is 11.1. The number of methoxy groups -OCH3 is 1. The summed E-state index contributed by atoms with van der Waals surface area (Å²) in [7, 11) is 1.45. The summed E-state index contributed by atoms with van der Waals surface area (Å²) in [5.41, 5.74) is 0.264. The van der Waals surface area contributed by atoms with Crippen LogP contribution in [-0.4, -0.2) is 24.9 Å². The highest BCUT2D eigenvalue weighted by molar-refractivity contribution is 9.10. The highest BCUT2D eigenvalue weighted by Crippen LogP contribution is 2.07. The van der Waals surface area contributed by atoms with E-state index in [2.05, 4.69) is 30.4 Å². The van der Waals surface area contributed by atoms with Crippen molar-refractivity contribution >= 4 is 21.9 Å². The summed E-state index contributed by atoms with van der Waals surface area (Å²) in [5, 5.41) is 0. The smallest absolute Gasteiger partial charge is 0.359 e. The molecule has 0 bridgehead atoms. The van der Waals surface area contributed by atoms with Gasteiger partial charge in [0.25, 0.3) is 0 Å². The molecule has 0 spiro atoms. The van der Waals surface area contributed by atoms with Crippen LogP contribution in [0.4, 0.5) is 0 Å². The molecule has 1 rings (SSSR count). The van der Waals surface area contributed by atoms with Gasteiger partial charge in [-0.25, -0.2) is 9.78 Å². The molecule has 0 N–H and O–H groups in total. The van der Waals surface area contributed by atoms with Crippen LogP contribution in [0.2, 0.25) is 0 Å². The molecule has 5 heteroatoms. The van der Waals surface area contributed by atoms with Crippen LogP contribution in [0.25, 0.3) is 0 Å². The number of carbonyl (C=O) groups excluding carboxylic acids is 1. The summed E-state index contributed by atoms with van der Waals surface area (Å²) >= 11 is 3.21. The number of esters is 1. The number of carbonyl (C=O) groups is 1. The minimum absolute atomic E-state index is 0.0590. The minimum atomic E-state index is -0.491. The molecule has 1 aromatic heterocycles. The van der Waals surface area contributed by atoms with E-state index in [0.29, 0.717) is 0 Å². The van der Waals surface area contributed by atoms with E-state index in [4.69, 9.17) is 0 Å². The molecule has 0 aliphatic rings. The van der Waals surface area contributed by atoms with Gasteiger partial charge in [0.15, 0.2) is 6.79 Å². The molecule has 0 unspecified atom stereocenters. The molecule has 0 fully saturated rings. The van der Waals surface area contributed by atoms with Gasteiger partial charge in [0.2, 0.25) is 0 Å². The molecule has 0 aliphatic heterocycles. The Hall–Kier alpha value is -0.940. The molecule has 1 heterocycles. The average Bonchev–Trinajstić information content (AvgIpc) is 2.15. The second kappa shape index (κ2) is 4.94. The van der Waals surface area contributed by atoms with Crippen LogP contribution in [0.3, 0.4) is 0 Å². The van der Waals surface area contributed by atoms with Crippen molar-refractivity contribution in [1.82, 2.24) is 4.98 Å². The lowest BCUT2D eigenvalue weighted by atomic mass is 10.4. The molecule has 0 saturated heterocycles. The van der Waals surface area contributed by atoms with Gasteiger partial charge in [0.1, 0.15) is 5.69 Å². The fourth-order valence-electron chi connectivity index (χ4n) is 0.683. The van der Waals surface area contributed by atoms with Crippen LogP contribution in [0.1, 0.15) is 10.5 Å². The Morgan fingerprint density at radius 3 is 2.92 bits per heavy atom. The molecule has 70 valence electrons. The number of pyridine rings is 1. The number of aromatic nitrogens is 1. The van der Waals surface area contributed by atoms with E-state index < -0.39 is 5.97 Å². The Labute approximate surface area is 84.0 Å². The minimum Gasteiger partial charge on any atom is -0.434 e. The molecule has 0 aromatic carbocycles. The number of halogens is 1. The van der Waals surface area contributed by atoms with Crippen molar-refractivity contribution in [3.05, 3.63) is 28.5 Å². The molecule has 0 atom stereocenters. The van der Waals surface area contributed by atoms with E-state index in [-0.39, 0.29) is 12.5 Å². The summed E-state index contributed by atoms with van der Waals surface area (Å²) in [6, 6.07) is 3.29. The lowest BCUT2D eigenvalue weighted by molar-refractivity contribution is -0.0130. The second-order valence-corrected chi connectivity index (χ2v) is 3.12. The molecule has 13 heavy (non-hydrogen) atoms. The highest BCUT2D eigenvalue weighted by atomic mass is 79.9. The zero-order valence-corrected chi connectivity index (χ0v) is 8.58. The standard InChI is InChI=1S/C8H8BrNO3/c1-12-5-13-8(11)7-3-2-6(9)4-10-7/h2-4H,5H2,1H3.